The molecule has 0 aromatic heterocycles. The highest BCUT2D eigenvalue weighted by Crippen LogP contribution is 2.55. The Balaban J connectivity index is 1.78. The lowest BCUT2D eigenvalue weighted by atomic mass is 9.73. The highest BCUT2D eigenvalue weighted by Gasteiger charge is 2.63. The fourth-order valence-corrected chi connectivity index (χ4v) is 5.44. The summed E-state index contributed by atoms with van der Waals surface area (Å²) in [7, 11) is 0. The second-order valence-corrected chi connectivity index (χ2v) is 7.49. The van der Waals surface area contributed by atoms with Crippen LogP contribution < -0.4 is 5.73 Å². The van der Waals surface area contributed by atoms with E-state index in [0.29, 0.717) is 18.7 Å². The Kier molecular flexibility index (Phi) is 3.83. The van der Waals surface area contributed by atoms with Gasteiger partial charge in [0.05, 0.1) is 18.2 Å². The van der Waals surface area contributed by atoms with Crippen molar-refractivity contribution in [3.8, 4) is 0 Å². The van der Waals surface area contributed by atoms with Crippen LogP contribution in [0.3, 0.4) is 0 Å². The zero-order valence-electron chi connectivity index (χ0n) is 13.9. The molecule has 2 heterocycles. The molecule has 2 N–H and O–H groups in total. The van der Waals surface area contributed by atoms with E-state index in [2.05, 4.69) is 47.9 Å². The minimum absolute atomic E-state index is 0.0116. The van der Waals surface area contributed by atoms with Gasteiger partial charge in [-0.15, -0.1) is 6.58 Å². The van der Waals surface area contributed by atoms with E-state index in [1.165, 1.54) is 37.7 Å². The molecule has 23 heavy (non-hydrogen) atoms. The molecule has 2 aliphatic heterocycles. The third kappa shape index (κ3) is 2.21. The van der Waals surface area contributed by atoms with E-state index >= 15 is 0 Å². The zero-order valence-corrected chi connectivity index (χ0v) is 13.9. The molecule has 0 radical (unpaired) electrons. The van der Waals surface area contributed by atoms with Crippen molar-refractivity contribution < 1.29 is 4.74 Å². The summed E-state index contributed by atoms with van der Waals surface area (Å²) in [5, 5.41) is 0. The summed E-state index contributed by atoms with van der Waals surface area (Å²) in [6.45, 7) is 4.71. The topological polar surface area (TPSA) is 38.5 Å². The number of hydrogen-bond donors (Lipinski definition) is 1. The monoisotopic (exact) mass is 312 g/mol. The van der Waals surface area contributed by atoms with Gasteiger partial charge in [0.25, 0.3) is 0 Å². The highest BCUT2D eigenvalue weighted by molar-refractivity contribution is 5.25. The Labute approximate surface area is 139 Å². The van der Waals surface area contributed by atoms with Crippen LogP contribution in [0.2, 0.25) is 0 Å². The first-order chi connectivity index (χ1) is 11.2. The van der Waals surface area contributed by atoms with Crippen LogP contribution in [0.25, 0.3) is 0 Å². The van der Waals surface area contributed by atoms with E-state index in [-0.39, 0.29) is 5.54 Å². The Bertz CT molecular complexity index is 574. The quantitative estimate of drug-likeness (QED) is 0.864. The smallest absolute Gasteiger partial charge is 0.135 e. The molecule has 0 bridgehead atoms. The number of morpholine rings is 1. The Morgan fingerprint density at radius 3 is 2.78 bits per heavy atom. The van der Waals surface area contributed by atoms with Gasteiger partial charge < -0.3 is 10.5 Å². The Hall–Kier alpha value is -1.16. The number of hydrogen-bond acceptors (Lipinski definition) is 3. The molecule has 3 aliphatic rings. The van der Waals surface area contributed by atoms with Crippen molar-refractivity contribution in [2.24, 2.45) is 5.73 Å². The zero-order chi connectivity index (χ0) is 15.9. The highest BCUT2D eigenvalue weighted by atomic mass is 16.5. The Morgan fingerprint density at radius 1 is 1.22 bits per heavy atom. The van der Waals surface area contributed by atoms with E-state index in [1.807, 2.05) is 0 Å². The van der Waals surface area contributed by atoms with Crippen molar-refractivity contribution in [1.82, 2.24) is 4.90 Å². The summed E-state index contributed by atoms with van der Waals surface area (Å²) < 4.78 is 6.35. The van der Waals surface area contributed by atoms with Crippen LogP contribution in [-0.2, 0) is 4.74 Å². The Morgan fingerprint density at radius 2 is 2.00 bits per heavy atom. The molecular weight excluding hydrogens is 284 g/mol. The molecule has 124 valence electrons. The molecule has 0 unspecified atom stereocenters. The van der Waals surface area contributed by atoms with E-state index in [4.69, 9.17) is 10.5 Å². The summed E-state index contributed by atoms with van der Waals surface area (Å²) in [6, 6.07) is 11.7. The van der Waals surface area contributed by atoms with Gasteiger partial charge in [-0.2, -0.15) is 0 Å². The number of nitrogens with two attached hydrogens (primary N) is 1. The maximum absolute atomic E-state index is 6.82. The predicted octanol–water partition coefficient (Wildman–Crippen LogP) is 3.77. The lowest BCUT2D eigenvalue weighted by molar-refractivity contribution is -0.231. The van der Waals surface area contributed by atoms with Crippen LogP contribution in [0.15, 0.2) is 43.0 Å². The maximum atomic E-state index is 6.82. The number of benzene rings is 1. The van der Waals surface area contributed by atoms with Gasteiger partial charge in [-0.25, -0.2) is 0 Å². The van der Waals surface area contributed by atoms with Gasteiger partial charge in [-0.1, -0.05) is 36.4 Å². The van der Waals surface area contributed by atoms with Crippen LogP contribution in [0.1, 0.15) is 56.6 Å². The lowest BCUT2D eigenvalue weighted by Gasteiger charge is -2.62. The average molecular weight is 312 g/mol. The van der Waals surface area contributed by atoms with Gasteiger partial charge in [0.1, 0.15) is 5.72 Å². The van der Waals surface area contributed by atoms with Gasteiger partial charge in [0.2, 0.25) is 0 Å². The second-order valence-electron chi connectivity index (χ2n) is 7.49. The molecule has 1 aromatic rings. The minimum Gasteiger partial charge on any atom is -0.357 e. The van der Waals surface area contributed by atoms with Gasteiger partial charge in [-0.05, 0) is 50.5 Å². The molecule has 4 atom stereocenters. The summed E-state index contributed by atoms with van der Waals surface area (Å²) in [5.74, 6) is 0. The first-order valence-electron chi connectivity index (χ1n) is 9.07. The molecule has 3 fully saturated rings. The number of ether oxygens (including phenoxy) is 1. The fraction of sp³-hybridized carbons (Fsp3) is 0.600. The largest absolute Gasteiger partial charge is 0.357 e. The van der Waals surface area contributed by atoms with Crippen LogP contribution in [0, 0.1) is 0 Å². The summed E-state index contributed by atoms with van der Waals surface area (Å²) >= 11 is 0. The van der Waals surface area contributed by atoms with Crippen molar-refractivity contribution in [3.05, 3.63) is 48.6 Å². The lowest BCUT2D eigenvalue weighted by Crippen LogP contribution is -2.74. The van der Waals surface area contributed by atoms with Crippen molar-refractivity contribution in [1.29, 1.82) is 0 Å². The third-order valence-corrected chi connectivity index (χ3v) is 6.40. The molecule has 1 aromatic carbocycles. The van der Waals surface area contributed by atoms with Crippen LogP contribution in [-0.4, -0.2) is 28.8 Å². The molecule has 0 amide bonds. The number of piperidine rings is 1. The van der Waals surface area contributed by atoms with Gasteiger partial charge in [0.15, 0.2) is 0 Å². The average Bonchev–Trinajstić information content (AvgIpc) is 2.91. The number of rotatable bonds is 3. The summed E-state index contributed by atoms with van der Waals surface area (Å²) in [6.07, 6.45) is 10.1. The normalized spacial score (nSPS) is 40.4. The van der Waals surface area contributed by atoms with E-state index < -0.39 is 5.72 Å². The molecule has 1 saturated carbocycles. The van der Waals surface area contributed by atoms with Crippen LogP contribution >= 0.6 is 0 Å². The van der Waals surface area contributed by atoms with Crippen molar-refractivity contribution in [2.75, 3.05) is 6.61 Å². The van der Waals surface area contributed by atoms with Crippen LogP contribution in [0.4, 0.5) is 0 Å². The molecule has 3 nitrogen and oxygen atoms in total. The molecule has 2 saturated heterocycles. The van der Waals surface area contributed by atoms with Crippen molar-refractivity contribution in [3.63, 3.8) is 0 Å². The predicted molar refractivity (Wildman–Crippen MR) is 92.9 cm³/mol. The number of nitrogens with zero attached hydrogens (tertiary/aromatic N) is 1. The van der Waals surface area contributed by atoms with Gasteiger partial charge in [-0.3, -0.25) is 4.90 Å². The maximum Gasteiger partial charge on any atom is 0.135 e. The SMILES string of the molecule is C=CC[C@H]1CCC[C@@]23CCC[C@]2(N)OC[C@@H](c2ccccc2)N13. The molecule has 4 rings (SSSR count). The van der Waals surface area contributed by atoms with Crippen molar-refractivity contribution >= 4 is 0 Å². The van der Waals surface area contributed by atoms with E-state index in [0.717, 1.165) is 12.8 Å². The van der Waals surface area contributed by atoms with Crippen LogP contribution in [0.5, 0.6) is 0 Å². The van der Waals surface area contributed by atoms with E-state index in [1.54, 1.807) is 0 Å². The third-order valence-electron chi connectivity index (χ3n) is 6.40. The van der Waals surface area contributed by atoms with Gasteiger partial charge in [0, 0.05) is 6.04 Å². The fourth-order valence-electron chi connectivity index (χ4n) is 5.44. The summed E-state index contributed by atoms with van der Waals surface area (Å²) in [4.78, 5) is 2.75. The first-order valence-corrected chi connectivity index (χ1v) is 9.07. The molecule has 3 heteroatoms. The molecule has 1 spiro atoms. The minimum atomic E-state index is -0.460. The first kappa shape index (κ1) is 15.4. The molecular formula is C20H28N2O. The van der Waals surface area contributed by atoms with E-state index in [9.17, 15) is 0 Å². The van der Waals surface area contributed by atoms with Gasteiger partial charge >= 0.3 is 0 Å². The summed E-state index contributed by atoms with van der Waals surface area (Å²) in [5.41, 5.74) is 7.73. The standard InChI is InChI=1S/C20H28N2O/c1-2-8-17-11-6-12-19-13-7-14-20(19,21)23-15-18(22(17)19)16-9-4-3-5-10-16/h2-5,9-10,17-18H,1,6-8,11-15,21H2/t17-,18-,19+,20-/m0/s1. The molecule has 1 aliphatic carbocycles. The second kappa shape index (κ2) is 5.73. The van der Waals surface area contributed by atoms with Crippen molar-refractivity contribution in [2.45, 2.75) is 68.3 Å².